The summed E-state index contributed by atoms with van der Waals surface area (Å²) in [7, 11) is 0. The van der Waals surface area contributed by atoms with Crippen LogP contribution in [-0.4, -0.2) is 53.8 Å². The Labute approximate surface area is 188 Å². The number of nitrogens with zero attached hydrogens (tertiary/aromatic N) is 2. The second kappa shape index (κ2) is 10.3. The van der Waals surface area contributed by atoms with Gasteiger partial charge in [0, 0.05) is 44.0 Å². The number of rotatable bonds is 5. The van der Waals surface area contributed by atoms with Gasteiger partial charge in [0.2, 0.25) is 5.91 Å². The van der Waals surface area contributed by atoms with Crippen molar-refractivity contribution in [3.05, 3.63) is 65.7 Å². The highest BCUT2D eigenvalue weighted by Gasteiger charge is 2.31. The Hall–Kier alpha value is -3.35. The molecule has 4 rings (SSSR count). The summed E-state index contributed by atoms with van der Waals surface area (Å²) in [6.45, 7) is 3.18. The fraction of sp³-hybridized carbons (Fsp3) is 0.400. The molecule has 0 aliphatic carbocycles. The number of nitrogens with one attached hydrogen (secondary N) is 2. The third kappa shape index (κ3) is 5.46. The average molecular weight is 435 g/mol. The zero-order chi connectivity index (χ0) is 22.3. The van der Waals surface area contributed by atoms with Gasteiger partial charge in [0.25, 0.3) is 5.91 Å². The molecular formula is C25H30N4O3. The number of likely N-dealkylation sites (tertiary alicyclic amines) is 2. The lowest BCUT2D eigenvalue weighted by molar-refractivity contribution is -0.126. The van der Waals surface area contributed by atoms with E-state index in [2.05, 4.69) is 10.6 Å². The Morgan fingerprint density at radius 1 is 0.875 bits per heavy atom. The van der Waals surface area contributed by atoms with Crippen molar-refractivity contribution >= 4 is 23.5 Å². The van der Waals surface area contributed by atoms with Gasteiger partial charge in [-0.1, -0.05) is 30.3 Å². The maximum absolute atomic E-state index is 12.8. The topological polar surface area (TPSA) is 81.8 Å². The molecule has 2 N–H and O–H groups in total. The monoisotopic (exact) mass is 434 g/mol. The molecule has 0 saturated carbocycles. The van der Waals surface area contributed by atoms with Crippen LogP contribution in [0.4, 0.5) is 10.5 Å². The van der Waals surface area contributed by atoms with Crippen molar-refractivity contribution in [1.82, 2.24) is 15.1 Å². The van der Waals surface area contributed by atoms with Gasteiger partial charge < -0.3 is 20.4 Å². The summed E-state index contributed by atoms with van der Waals surface area (Å²) in [6, 6.07) is 16.6. The molecule has 1 unspecified atom stereocenters. The number of para-hydroxylation sites is 1. The quantitative estimate of drug-likeness (QED) is 0.756. The van der Waals surface area contributed by atoms with Gasteiger partial charge in [-0.25, -0.2) is 4.79 Å². The summed E-state index contributed by atoms with van der Waals surface area (Å²) in [4.78, 5) is 41.7. The van der Waals surface area contributed by atoms with Crippen molar-refractivity contribution in [2.45, 2.75) is 32.2 Å². The van der Waals surface area contributed by atoms with Gasteiger partial charge in [-0.2, -0.15) is 0 Å². The van der Waals surface area contributed by atoms with Gasteiger partial charge in [0.05, 0.1) is 5.92 Å². The lowest BCUT2D eigenvalue weighted by Crippen LogP contribution is -2.49. The summed E-state index contributed by atoms with van der Waals surface area (Å²) in [5.41, 5.74) is 2.14. The van der Waals surface area contributed by atoms with E-state index in [0.29, 0.717) is 18.7 Å². The Morgan fingerprint density at radius 3 is 2.41 bits per heavy atom. The van der Waals surface area contributed by atoms with Crippen molar-refractivity contribution < 1.29 is 14.4 Å². The summed E-state index contributed by atoms with van der Waals surface area (Å²) >= 11 is 0. The van der Waals surface area contributed by atoms with Crippen LogP contribution in [0, 0.1) is 5.92 Å². The van der Waals surface area contributed by atoms with Crippen LogP contribution < -0.4 is 10.6 Å². The maximum atomic E-state index is 12.8. The second-order valence-electron chi connectivity index (χ2n) is 8.50. The molecule has 32 heavy (non-hydrogen) atoms. The Kier molecular flexibility index (Phi) is 7.04. The number of piperidine rings is 1. The minimum absolute atomic E-state index is 0.0388. The standard InChI is InChI=1S/C25H30N4O3/c30-23(21-10-7-15-29(18-21)25(32)28-13-4-5-14-28)26-17-19-8-6-9-20(16-19)24(31)27-22-11-2-1-3-12-22/h1-3,6,8-9,11-12,16,21H,4-5,7,10,13-15,17-18H2,(H,26,30)(H,27,31). The molecule has 0 radical (unpaired) electrons. The molecule has 2 aromatic carbocycles. The van der Waals surface area contributed by atoms with Gasteiger partial charge in [-0.05, 0) is 55.5 Å². The highest BCUT2D eigenvalue weighted by atomic mass is 16.2. The molecule has 4 amide bonds. The highest BCUT2D eigenvalue weighted by Crippen LogP contribution is 2.20. The molecule has 0 bridgehead atoms. The van der Waals surface area contributed by atoms with E-state index < -0.39 is 0 Å². The minimum Gasteiger partial charge on any atom is -0.352 e. The van der Waals surface area contributed by atoms with Gasteiger partial charge >= 0.3 is 6.03 Å². The van der Waals surface area contributed by atoms with Gasteiger partial charge in [0.15, 0.2) is 0 Å². The molecule has 2 aromatic rings. The maximum Gasteiger partial charge on any atom is 0.320 e. The van der Waals surface area contributed by atoms with Crippen LogP contribution >= 0.6 is 0 Å². The van der Waals surface area contributed by atoms with E-state index in [1.165, 1.54) is 0 Å². The molecule has 1 atom stereocenters. The molecule has 0 spiro atoms. The summed E-state index contributed by atoms with van der Waals surface area (Å²) < 4.78 is 0. The first-order valence-electron chi connectivity index (χ1n) is 11.4. The average Bonchev–Trinajstić information content (AvgIpc) is 3.38. The largest absolute Gasteiger partial charge is 0.352 e. The van der Waals surface area contributed by atoms with Crippen LogP contribution in [0.1, 0.15) is 41.6 Å². The summed E-state index contributed by atoms with van der Waals surface area (Å²) in [5.74, 6) is -0.421. The van der Waals surface area contributed by atoms with Crippen LogP contribution in [0.2, 0.25) is 0 Å². The first kappa shape index (κ1) is 21.9. The van der Waals surface area contributed by atoms with Crippen LogP contribution in [0.5, 0.6) is 0 Å². The molecule has 2 aliphatic rings. The molecule has 2 saturated heterocycles. The SMILES string of the molecule is O=C(Nc1ccccc1)c1cccc(CNC(=O)C2CCCN(C(=O)N3CCCC3)C2)c1. The number of benzene rings is 2. The molecule has 168 valence electrons. The fourth-order valence-corrected chi connectivity index (χ4v) is 4.35. The number of carbonyl (C=O) groups is 3. The number of anilines is 1. The Morgan fingerprint density at radius 2 is 1.62 bits per heavy atom. The van der Waals surface area contributed by atoms with Crippen molar-refractivity contribution in [3.63, 3.8) is 0 Å². The van der Waals surface area contributed by atoms with E-state index in [9.17, 15) is 14.4 Å². The highest BCUT2D eigenvalue weighted by molar-refractivity contribution is 6.04. The number of carbonyl (C=O) groups excluding carboxylic acids is 3. The van der Waals surface area contributed by atoms with Crippen LogP contribution in [-0.2, 0) is 11.3 Å². The van der Waals surface area contributed by atoms with Gasteiger partial charge in [-0.3, -0.25) is 9.59 Å². The Bertz CT molecular complexity index is 957. The first-order chi connectivity index (χ1) is 15.6. The van der Waals surface area contributed by atoms with Crippen molar-refractivity contribution in [2.24, 2.45) is 5.92 Å². The van der Waals surface area contributed by atoms with Crippen molar-refractivity contribution in [2.75, 3.05) is 31.5 Å². The minimum atomic E-state index is -0.195. The van der Waals surface area contributed by atoms with Gasteiger partial charge in [0.1, 0.15) is 0 Å². The molecule has 0 aromatic heterocycles. The van der Waals surface area contributed by atoms with Crippen molar-refractivity contribution in [3.8, 4) is 0 Å². The first-order valence-corrected chi connectivity index (χ1v) is 11.4. The molecular weight excluding hydrogens is 404 g/mol. The molecule has 2 fully saturated rings. The normalized spacial score (nSPS) is 18.3. The van der Waals surface area contributed by atoms with E-state index >= 15 is 0 Å². The zero-order valence-corrected chi connectivity index (χ0v) is 18.3. The third-order valence-electron chi connectivity index (χ3n) is 6.13. The molecule has 2 aliphatic heterocycles. The lowest BCUT2D eigenvalue weighted by Gasteiger charge is -2.34. The number of hydrogen-bond donors (Lipinski definition) is 2. The van der Waals surface area contributed by atoms with E-state index in [1.807, 2.05) is 52.3 Å². The van der Waals surface area contributed by atoms with Crippen LogP contribution in [0.25, 0.3) is 0 Å². The van der Waals surface area contributed by atoms with E-state index in [1.54, 1.807) is 12.1 Å². The second-order valence-corrected chi connectivity index (χ2v) is 8.50. The molecule has 2 heterocycles. The lowest BCUT2D eigenvalue weighted by atomic mass is 9.97. The molecule has 7 heteroatoms. The fourth-order valence-electron chi connectivity index (χ4n) is 4.35. The summed E-state index contributed by atoms with van der Waals surface area (Å²) in [5, 5.41) is 5.86. The van der Waals surface area contributed by atoms with E-state index in [4.69, 9.17) is 0 Å². The molecule has 7 nitrogen and oxygen atoms in total. The Balaban J connectivity index is 1.30. The van der Waals surface area contributed by atoms with Crippen molar-refractivity contribution in [1.29, 1.82) is 0 Å². The number of hydrogen-bond acceptors (Lipinski definition) is 3. The number of urea groups is 1. The van der Waals surface area contributed by atoms with E-state index in [0.717, 1.165) is 56.6 Å². The smallest absolute Gasteiger partial charge is 0.320 e. The van der Waals surface area contributed by atoms with Gasteiger partial charge in [-0.15, -0.1) is 0 Å². The number of amides is 4. The van der Waals surface area contributed by atoms with Crippen LogP contribution in [0.3, 0.4) is 0 Å². The predicted octanol–water partition coefficient (Wildman–Crippen LogP) is 3.48. The third-order valence-corrected chi connectivity index (χ3v) is 6.13. The summed E-state index contributed by atoms with van der Waals surface area (Å²) in [6.07, 6.45) is 3.75. The van der Waals surface area contributed by atoms with Crippen LogP contribution in [0.15, 0.2) is 54.6 Å². The predicted molar refractivity (Wildman–Crippen MR) is 123 cm³/mol. The van der Waals surface area contributed by atoms with E-state index in [-0.39, 0.29) is 23.8 Å². The zero-order valence-electron chi connectivity index (χ0n) is 18.3.